The van der Waals surface area contributed by atoms with Crippen LogP contribution < -0.4 is 0 Å². The fourth-order valence-corrected chi connectivity index (χ4v) is 1.60. The number of halogens is 2. The second-order valence-corrected chi connectivity index (χ2v) is 3.25. The van der Waals surface area contributed by atoms with Gasteiger partial charge in [0.05, 0.1) is 7.11 Å². The van der Waals surface area contributed by atoms with Gasteiger partial charge in [0, 0.05) is 16.5 Å². The fourth-order valence-electron chi connectivity index (χ4n) is 0.774. The number of esters is 1. The summed E-state index contributed by atoms with van der Waals surface area (Å²) in [5.74, 6) is -0.483. The third-order valence-corrected chi connectivity index (χ3v) is 2.42. The zero-order chi connectivity index (χ0) is 9.84. The monoisotopic (exact) mass is 263 g/mol. The highest BCUT2D eigenvalue weighted by Crippen LogP contribution is 2.18. The average molecular weight is 265 g/mol. The van der Waals surface area contributed by atoms with Crippen molar-refractivity contribution in [1.29, 1.82) is 0 Å². The lowest BCUT2D eigenvalue weighted by atomic mass is 10.3. The van der Waals surface area contributed by atoms with Crippen LogP contribution in [0.3, 0.4) is 0 Å². The summed E-state index contributed by atoms with van der Waals surface area (Å²) in [5, 5.41) is 1.12. The van der Waals surface area contributed by atoms with E-state index in [1.165, 1.54) is 13.2 Å². The van der Waals surface area contributed by atoms with Crippen molar-refractivity contribution in [2.45, 2.75) is 5.33 Å². The molecule has 70 valence electrons. The summed E-state index contributed by atoms with van der Waals surface area (Å²) >= 11 is 9.10. The molecular formula is C8H7BrClNO2. The van der Waals surface area contributed by atoms with Crippen molar-refractivity contribution in [1.82, 2.24) is 4.98 Å². The molecule has 0 aromatic carbocycles. The Morgan fingerprint density at radius 3 is 2.92 bits per heavy atom. The second-order valence-electron chi connectivity index (χ2n) is 2.29. The summed E-state index contributed by atoms with van der Waals surface area (Å²) in [4.78, 5) is 14.9. The maximum atomic E-state index is 11.0. The van der Waals surface area contributed by atoms with Crippen molar-refractivity contribution in [2.75, 3.05) is 7.11 Å². The van der Waals surface area contributed by atoms with Gasteiger partial charge in [-0.3, -0.25) is 0 Å². The topological polar surface area (TPSA) is 39.2 Å². The second kappa shape index (κ2) is 4.58. The lowest BCUT2D eigenvalue weighted by Gasteiger charge is -2.01. The van der Waals surface area contributed by atoms with Gasteiger partial charge in [-0.25, -0.2) is 9.78 Å². The standard InChI is InChI=1S/C8H7BrClNO2/c1-13-8(12)7-2-6(10)5(3-9)4-11-7/h2,4H,3H2,1H3. The SMILES string of the molecule is COC(=O)c1cc(Cl)c(CBr)cn1. The summed E-state index contributed by atoms with van der Waals surface area (Å²) < 4.78 is 4.49. The van der Waals surface area contributed by atoms with Crippen LogP contribution in [0, 0.1) is 0 Å². The molecule has 0 radical (unpaired) electrons. The lowest BCUT2D eigenvalue weighted by molar-refractivity contribution is 0.0594. The normalized spacial score (nSPS) is 9.77. The quantitative estimate of drug-likeness (QED) is 0.608. The van der Waals surface area contributed by atoms with Crippen LogP contribution in [0.1, 0.15) is 16.1 Å². The summed E-state index contributed by atoms with van der Waals surface area (Å²) in [5.41, 5.74) is 1.06. The maximum Gasteiger partial charge on any atom is 0.356 e. The molecular weight excluding hydrogens is 257 g/mol. The number of aromatic nitrogens is 1. The Kier molecular flexibility index (Phi) is 3.69. The molecule has 1 heterocycles. The molecule has 0 bridgehead atoms. The van der Waals surface area contributed by atoms with Crippen LogP contribution in [0.4, 0.5) is 0 Å². The van der Waals surface area contributed by atoms with Crippen molar-refractivity contribution >= 4 is 33.5 Å². The summed E-state index contributed by atoms with van der Waals surface area (Å²) in [6, 6.07) is 1.49. The van der Waals surface area contributed by atoms with Crippen molar-refractivity contribution in [3.05, 3.63) is 28.5 Å². The van der Waals surface area contributed by atoms with Gasteiger partial charge in [0.2, 0.25) is 0 Å². The minimum atomic E-state index is -0.483. The van der Waals surface area contributed by atoms with E-state index in [-0.39, 0.29) is 5.69 Å². The molecule has 1 aromatic rings. The number of hydrogen-bond acceptors (Lipinski definition) is 3. The molecule has 0 saturated heterocycles. The van der Waals surface area contributed by atoms with Gasteiger partial charge in [0.1, 0.15) is 5.69 Å². The van der Waals surface area contributed by atoms with Crippen LogP contribution in [0.25, 0.3) is 0 Å². The molecule has 0 saturated carbocycles. The Morgan fingerprint density at radius 1 is 1.77 bits per heavy atom. The highest BCUT2D eigenvalue weighted by molar-refractivity contribution is 9.08. The number of methoxy groups -OCH3 is 1. The van der Waals surface area contributed by atoms with Crippen LogP contribution in [-0.4, -0.2) is 18.1 Å². The molecule has 1 aromatic heterocycles. The highest BCUT2D eigenvalue weighted by atomic mass is 79.9. The summed E-state index contributed by atoms with van der Waals surface area (Å²) in [6.45, 7) is 0. The van der Waals surface area contributed by atoms with E-state index in [0.717, 1.165) is 5.56 Å². The average Bonchev–Trinajstić information content (AvgIpc) is 2.16. The molecule has 1 rings (SSSR count). The van der Waals surface area contributed by atoms with E-state index in [2.05, 4.69) is 25.7 Å². The molecule has 0 N–H and O–H groups in total. The number of rotatable bonds is 2. The van der Waals surface area contributed by atoms with E-state index < -0.39 is 5.97 Å². The van der Waals surface area contributed by atoms with Gasteiger partial charge in [0.25, 0.3) is 0 Å². The predicted octanol–water partition coefficient (Wildman–Crippen LogP) is 2.42. The maximum absolute atomic E-state index is 11.0. The molecule has 13 heavy (non-hydrogen) atoms. The first-order chi connectivity index (χ1) is 6.19. The number of pyridine rings is 1. The first-order valence-electron chi connectivity index (χ1n) is 3.47. The molecule has 3 nitrogen and oxygen atoms in total. The molecule has 0 fully saturated rings. The molecule has 0 aliphatic rings. The van der Waals surface area contributed by atoms with E-state index in [9.17, 15) is 4.79 Å². The molecule has 0 amide bonds. The Balaban J connectivity index is 3.02. The Hall–Kier alpha value is -0.610. The van der Waals surface area contributed by atoms with Crippen molar-refractivity contribution in [3.63, 3.8) is 0 Å². The Bertz CT molecular complexity index is 330. The van der Waals surface area contributed by atoms with E-state index in [1.807, 2.05) is 0 Å². The molecule has 5 heteroatoms. The van der Waals surface area contributed by atoms with Gasteiger partial charge in [-0.05, 0) is 11.6 Å². The van der Waals surface area contributed by atoms with Gasteiger partial charge in [-0.15, -0.1) is 0 Å². The van der Waals surface area contributed by atoms with Gasteiger partial charge >= 0.3 is 5.97 Å². The Morgan fingerprint density at radius 2 is 2.46 bits per heavy atom. The summed E-state index contributed by atoms with van der Waals surface area (Å²) in [6.07, 6.45) is 1.54. The lowest BCUT2D eigenvalue weighted by Crippen LogP contribution is -2.04. The van der Waals surface area contributed by atoms with Crippen LogP contribution in [0.5, 0.6) is 0 Å². The van der Waals surface area contributed by atoms with E-state index in [0.29, 0.717) is 10.4 Å². The Labute approximate surface area is 89.2 Å². The molecule has 0 spiro atoms. The van der Waals surface area contributed by atoms with E-state index in [4.69, 9.17) is 11.6 Å². The zero-order valence-electron chi connectivity index (χ0n) is 6.88. The number of alkyl halides is 1. The largest absolute Gasteiger partial charge is 0.464 e. The first-order valence-corrected chi connectivity index (χ1v) is 4.97. The predicted molar refractivity (Wildman–Crippen MR) is 53.2 cm³/mol. The van der Waals surface area contributed by atoms with Crippen molar-refractivity contribution < 1.29 is 9.53 Å². The van der Waals surface area contributed by atoms with Crippen LogP contribution >= 0.6 is 27.5 Å². The molecule has 0 atom stereocenters. The number of carbonyl (C=O) groups is 1. The third kappa shape index (κ3) is 2.42. The van der Waals surface area contributed by atoms with Crippen LogP contribution in [0.2, 0.25) is 5.02 Å². The zero-order valence-corrected chi connectivity index (χ0v) is 9.22. The van der Waals surface area contributed by atoms with Gasteiger partial charge in [-0.1, -0.05) is 27.5 Å². The van der Waals surface area contributed by atoms with Crippen molar-refractivity contribution in [3.8, 4) is 0 Å². The fraction of sp³-hybridized carbons (Fsp3) is 0.250. The van der Waals surface area contributed by atoms with E-state index in [1.54, 1.807) is 6.20 Å². The van der Waals surface area contributed by atoms with Crippen LogP contribution in [-0.2, 0) is 10.1 Å². The number of carbonyl (C=O) groups excluding carboxylic acids is 1. The minimum absolute atomic E-state index is 0.220. The number of nitrogens with zero attached hydrogens (tertiary/aromatic N) is 1. The molecule has 0 aliphatic carbocycles. The van der Waals surface area contributed by atoms with Gasteiger partial charge in [0.15, 0.2) is 0 Å². The highest BCUT2D eigenvalue weighted by Gasteiger charge is 2.09. The van der Waals surface area contributed by atoms with Crippen molar-refractivity contribution in [2.24, 2.45) is 0 Å². The van der Waals surface area contributed by atoms with E-state index >= 15 is 0 Å². The molecule has 0 unspecified atom stereocenters. The van der Waals surface area contributed by atoms with Gasteiger partial charge in [-0.2, -0.15) is 0 Å². The third-order valence-electron chi connectivity index (χ3n) is 1.47. The molecule has 0 aliphatic heterocycles. The summed E-state index contributed by atoms with van der Waals surface area (Å²) in [7, 11) is 1.30. The smallest absolute Gasteiger partial charge is 0.356 e. The number of ether oxygens (including phenoxy) is 1. The number of hydrogen-bond donors (Lipinski definition) is 0. The van der Waals surface area contributed by atoms with Crippen LogP contribution in [0.15, 0.2) is 12.3 Å². The van der Waals surface area contributed by atoms with Gasteiger partial charge < -0.3 is 4.74 Å². The first kappa shape index (κ1) is 10.5. The minimum Gasteiger partial charge on any atom is -0.464 e.